The lowest BCUT2D eigenvalue weighted by Gasteiger charge is -1.91. The van der Waals surface area contributed by atoms with Crippen molar-refractivity contribution in [3.8, 4) is 0 Å². The number of pyridine rings is 1. The number of aromatic nitrogens is 1. The molecule has 0 spiro atoms. The Balaban J connectivity index is 3.28. The first-order chi connectivity index (χ1) is 5.00. The van der Waals surface area contributed by atoms with Crippen LogP contribution >= 0.6 is 0 Å². The largest absolute Gasteiger partial charge is 0.332 e. The van der Waals surface area contributed by atoms with Crippen LogP contribution < -0.4 is 0 Å². The van der Waals surface area contributed by atoms with Crippen molar-refractivity contribution >= 4 is 10.2 Å². The number of halogens is 2. The van der Waals surface area contributed by atoms with Gasteiger partial charge in [-0.3, -0.25) is 0 Å². The van der Waals surface area contributed by atoms with E-state index in [1.165, 1.54) is 0 Å². The molecule has 0 N–H and O–H groups in total. The maximum absolute atomic E-state index is 12.2. The summed E-state index contributed by atoms with van der Waals surface area (Å²) < 4.78 is 44.5. The van der Waals surface area contributed by atoms with Gasteiger partial charge in [-0.25, -0.2) is 4.98 Å². The van der Waals surface area contributed by atoms with E-state index in [0.717, 1.165) is 12.3 Å². The monoisotopic (exact) mass is 179 g/mol. The van der Waals surface area contributed by atoms with Gasteiger partial charge in [-0.2, -0.15) is 12.8 Å². The fourth-order valence-corrected chi connectivity index (χ4v) is 0.998. The predicted octanol–water partition coefficient (Wildman–Crippen LogP) is 0.879. The average molecular weight is 179 g/mol. The maximum Gasteiger partial charge on any atom is 0.332 e. The van der Waals surface area contributed by atoms with Gasteiger partial charge in [-0.05, 0) is 6.07 Å². The molecule has 1 aromatic heterocycles. The Labute approximate surface area is 61.9 Å². The molecule has 11 heavy (non-hydrogen) atoms. The standard InChI is InChI=1S/C5H3F2NO2S/c6-5-3-4(1-2-8-5)11(7,9)10/h1-3H. The summed E-state index contributed by atoms with van der Waals surface area (Å²) in [6.07, 6.45) is 0.877. The summed E-state index contributed by atoms with van der Waals surface area (Å²) in [5, 5.41) is 0. The highest BCUT2D eigenvalue weighted by atomic mass is 32.3. The summed E-state index contributed by atoms with van der Waals surface area (Å²) in [6, 6.07) is 1.38. The lowest BCUT2D eigenvalue weighted by Crippen LogP contribution is -1.93. The first-order valence-corrected chi connectivity index (χ1v) is 3.95. The van der Waals surface area contributed by atoms with E-state index >= 15 is 0 Å². The molecule has 0 atom stereocenters. The van der Waals surface area contributed by atoms with Crippen LogP contribution in [0.4, 0.5) is 8.28 Å². The second-order valence-corrected chi connectivity index (χ2v) is 3.10. The molecule has 0 saturated carbocycles. The average Bonchev–Trinajstić information content (AvgIpc) is 1.86. The first-order valence-electron chi connectivity index (χ1n) is 2.56. The van der Waals surface area contributed by atoms with Gasteiger partial charge in [0, 0.05) is 12.3 Å². The van der Waals surface area contributed by atoms with Crippen molar-refractivity contribution in [3.05, 3.63) is 24.3 Å². The van der Waals surface area contributed by atoms with Gasteiger partial charge in [-0.15, -0.1) is 3.89 Å². The lowest BCUT2D eigenvalue weighted by molar-refractivity contribution is 0.544. The fourth-order valence-electron chi connectivity index (χ4n) is 0.536. The molecule has 0 aliphatic rings. The van der Waals surface area contributed by atoms with E-state index in [0.29, 0.717) is 6.07 Å². The summed E-state index contributed by atoms with van der Waals surface area (Å²) in [5.41, 5.74) is 0. The van der Waals surface area contributed by atoms with Crippen LogP contribution in [0.25, 0.3) is 0 Å². The van der Waals surface area contributed by atoms with Gasteiger partial charge in [0.05, 0.1) is 0 Å². The number of rotatable bonds is 1. The number of nitrogens with zero attached hydrogens (tertiary/aromatic N) is 1. The van der Waals surface area contributed by atoms with Crippen LogP contribution in [0.3, 0.4) is 0 Å². The highest BCUT2D eigenvalue weighted by Gasteiger charge is 2.11. The van der Waals surface area contributed by atoms with Crippen molar-refractivity contribution in [1.82, 2.24) is 4.98 Å². The van der Waals surface area contributed by atoms with E-state index in [1.54, 1.807) is 0 Å². The van der Waals surface area contributed by atoms with Gasteiger partial charge in [-0.1, -0.05) is 0 Å². The van der Waals surface area contributed by atoms with E-state index in [4.69, 9.17) is 0 Å². The second kappa shape index (κ2) is 2.54. The van der Waals surface area contributed by atoms with Crippen LogP contribution in [-0.2, 0) is 10.2 Å². The molecule has 3 nitrogen and oxygen atoms in total. The minimum absolute atomic E-state index is 0.509. The Morgan fingerprint density at radius 3 is 2.45 bits per heavy atom. The summed E-state index contributed by atoms with van der Waals surface area (Å²) in [4.78, 5) is 2.34. The fraction of sp³-hybridized carbons (Fsp3) is 0. The summed E-state index contributed by atoms with van der Waals surface area (Å²) in [5.74, 6) is -1.02. The number of hydrogen-bond donors (Lipinski definition) is 0. The molecule has 0 fully saturated rings. The maximum atomic E-state index is 12.2. The Morgan fingerprint density at radius 1 is 1.45 bits per heavy atom. The Kier molecular flexibility index (Phi) is 1.86. The van der Waals surface area contributed by atoms with Crippen LogP contribution in [0.15, 0.2) is 23.2 Å². The van der Waals surface area contributed by atoms with Gasteiger partial charge in [0.1, 0.15) is 4.90 Å². The molecule has 0 amide bonds. The van der Waals surface area contributed by atoms with Gasteiger partial charge in [0.25, 0.3) is 0 Å². The molecule has 1 heterocycles. The van der Waals surface area contributed by atoms with Crippen LogP contribution in [0.1, 0.15) is 0 Å². The van der Waals surface area contributed by atoms with Gasteiger partial charge >= 0.3 is 10.2 Å². The molecule has 0 unspecified atom stereocenters. The number of hydrogen-bond acceptors (Lipinski definition) is 3. The predicted molar refractivity (Wildman–Crippen MR) is 32.5 cm³/mol. The molecule has 60 valence electrons. The third-order valence-electron chi connectivity index (χ3n) is 0.980. The highest BCUT2D eigenvalue weighted by Crippen LogP contribution is 2.10. The van der Waals surface area contributed by atoms with Gasteiger partial charge in [0.2, 0.25) is 5.95 Å². The van der Waals surface area contributed by atoms with Gasteiger partial charge in [0.15, 0.2) is 0 Å². The molecule has 0 aliphatic carbocycles. The molecule has 0 saturated heterocycles. The van der Waals surface area contributed by atoms with Crippen molar-refractivity contribution in [3.63, 3.8) is 0 Å². The summed E-state index contributed by atoms with van der Waals surface area (Å²) in [7, 11) is -4.81. The zero-order valence-electron chi connectivity index (χ0n) is 5.16. The molecule has 1 aromatic rings. The Hall–Kier alpha value is -1.04. The van der Waals surface area contributed by atoms with Crippen LogP contribution in [0, 0.1) is 5.95 Å². The zero-order valence-corrected chi connectivity index (χ0v) is 5.98. The Bertz CT molecular complexity index is 363. The minimum Gasteiger partial charge on any atom is -0.228 e. The molecule has 6 heteroatoms. The first kappa shape index (κ1) is 8.06. The smallest absolute Gasteiger partial charge is 0.228 e. The van der Waals surface area contributed by atoms with Crippen molar-refractivity contribution in [2.24, 2.45) is 0 Å². The third kappa shape index (κ3) is 1.94. The van der Waals surface area contributed by atoms with Crippen molar-refractivity contribution < 1.29 is 16.7 Å². The van der Waals surface area contributed by atoms with E-state index in [2.05, 4.69) is 4.98 Å². The molecule has 0 bridgehead atoms. The van der Waals surface area contributed by atoms with Gasteiger partial charge < -0.3 is 0 Å². The van der Waals surface area contributed by atoms with E-state index in [1.807, 2.05) is 0 Å². The SMILES string of the molecule is O=S(=O)(F)c1ccnc(F)c1. The molecule has 0 radical (unpaired) electrons. The molecule has 0 aliphatic heterocycles. The molecular formula is C5H3F2NO2S. The summed E-state index contributed by atoms with van der Waals surface area (Å²) >= 11 is 0. The lowest BCUT2D eigenvalue weighted by atomic mass is 10.5. The van der Waals surface area contributed by atoms with E-state index in [9.17, 15) is 16.7 Å². The van der Waals surface area contributed by atoms with Crippen molar-refractivity contribution in [2.75, 3.05) is 0 Å². The zero-order chi connectivity index (χ0) is 8.48. The quantitative estimate of drug-likeness (QED) is 0.475. The topological polar surface area (TPSA) is 47.0 Å². The molecular weight excluding hydrogens is 176 g/mol. The normalized spacial score (nSPS) is 11.5. The van der Waals surface area contributed by atoms with Crippen molar-refractivity contribution in [1.29, 1.82) is 0 Å². The van der Waals surface area contributed by atoms with E-state index < -0.39 is 21.1 Å². The Morgan fingerprint density at radius 2 is 2.09 bits per heavy atom. The van der Waals surface area contributed by atoms with Crippen molar-refractivity contribution in [2.45, 2.75) is 4.90 Å². The van der Waals surface area contributed by atoms with Crippen LogP contribution in [0.2, 0.25) is 0 Å². The third-order valence-corrected chi connectivity index (χ3v) is 1.80. The van der Waals surface area contributed by atoms with Crippen LogP contribution in [0.5, 0.6) is 0 Å². The molecule has 0 aromatic carbocycles. The van der Waals surface area contributed by atoms with Crippen LogP contribution in [-0.4, -0.2) is 13.4 Å². The summed E-state index contributed by atoms with van der Waals surface area (Å²) in [6.45, 7) is 0. The minimum atomic E-state index is -4.81. The molecule has 1 rings (SSSR count). The second-order valence-electron chi connectivity index (χ2n) is 1.75. The van der Waals surface area contributed by atoms with E-state index in [-0.39, 0.29) is 0 Å². The highest BCUT2D eigenvalue weighted by molar-refractivity contribution is 7.86.